The van der Waals surface area contributed by atoms with E-state index in [0.29, 0.717) is 6.61 Å². The van der Waals surface area contributed by atoms with Gasteiger partial charge in [-0.1, -0.05) is 35.3 Å². The van der Waals surface area contributed by atoms with Crippen LogP contribution in [-0.2, 0) is 22.3 Å². The summed E-state index contributed by atoms with van der Waals surface area (Å²) in [6.45, 7) is 0.206. The van der Waals surface area contributed by atoms with Crippen LogP contribution in [0, 0.1) is 0 Å². The first kappa shape index (κ1) is 24.3. The van der Waals surface area contributed by atoms with Crippen molar-refractivity contribution in [1.29, 1.82) is 0 Å². The van der Waals surface area contributed by atoms with Gasteiger partial charge in [0.25, 0.3) is 5.91 Å². The fourth-order valence-corrected chi connectivity index (χ4v) is 4.33. The Morgan fingerprint density at radius 2 is 1.85 bits per heavy atom. The van der Waals surface area contributed by atoms with Gasteiger partial charge in [0.2, 0.25) is 11.7 Å². The highest BCUT2D eigenvalue weighted by Crippen LogP contribution is 2.34. The lowest BCUT2D eigenvalue weighted by Gasteiger charge is -2.14. The molecule has 0 radical (unpaired) electrons. The fourth-order valence-electron chi connectivity index (χ4n) is 3.76. The monoisotopic (exact) mass is 514 g/mol. The Balaban J connectivity index is 1.65. The molecule has 7 nitrogen and oxygen atoms in total. The molecule has 0 saturated carbocycles. The molecule has 1 saturated heterocycles. The number of hydrogen-bond donors (Lipinski definition) is 2. The van der Waals surface area contributed by atoms with Crippen LogP contribution in [0.15, 0.2) is 36.4 Å². The zero-order valence-electron chi connectivity index (χ0n) is 17.6. The smallest absolute Gasteiger partial charge is 0.376 e. The standard InChI is InChI=1S/C22H19Cl2F3N4O3/c23-13-5-1-6-14(24)18(13)20(33)29-15-7-2-8-16-19(15)30-21(22(25,26)27)31(16)11-17(32)28-10-12-4-3-9-34-12/h1-2,5-8,12H,3-4,9-11H2,(H,28,32)(H,29,33). The highest BCUT2D eigenvalue weighted by atomic mass is 35.5. The number of rotatable bonds is 6. The third-order valence-corrected chi connectivity index (χ3v) is 5.95. The summed E-state index contributed by atoms with van der Waals surface area (Å²) in [5.74, 6) is -2.58. The van der Waals surface area contributed by atoms with Crippen molar-refractivity contribution in [2.75, 3.05) is 18.5 Å². The maximum absolute atomic E-state index is 13.8. The Bertz CT molecular complexity index is 1220. The number of amides is 2. The Morgan fingerprint density at radius 1 is 1.15 bits per heavy atom. The van der Waals surface area contributed by atoms with Crippen LogP contribution in [-0.4, -0.2) is 40.6 Å². The topological polar surface area (TPSA) is 85.2 Å². The molecule has 34 heavy (non-hydrogen) atoms. The SMILES string of the molecule is O=C(Cn1c(C(F)(F)F)nc2c(NC(=O)c3c(Cl)cccc3Cl)cccc21)NCC1CCCO1. The number of alkyl halides is 3. The zero-order chi connectivity index (χ0) is 24.5. The van der Waals surface area contributed by atoms with E-state index in [9.17, 15) is 22.8 Å². The van der Waals surface area contributed by atoms with E-state index in [1.54, 1.807) is 6.07 Å². The molecule has 2 N–H and O–H groups in total. The number of carbonyl (C=O) groups excluding carboxylic acids is 2. The molecule has 1 unspecified atom stereocenters. The van der Waals surface area contributed by atoms with Crippen molar-refractivity contribution in [3.63, 3.8) is 0 Å². The van der Waals surface area contributed by atoms with E-state index in [2.05, 4.69) is 15.6 Å². The van der Waals surface area contributed by atoms with Gasteiger partial charge in [-0.15, -0.1) is 0 Å². The summed E-state index contributed by atoms with van der Waals surface area (Å²) >= 11 is 12.1. The minimum Gasteiger partial charge on any atom is -0.376 e. The van der Waals surface area contributed by atoms with Gasteiger partial charge in [-0.05, 0) is 37.1 Å². The van der Waals surface area contributed by atoms with Gasteiger partial charge in [-0.3, -0.25) is 9.59 Å². The number of anilines is 1. The van der Waals surface area contributed by atoms with E-state index < -0.39 is 30.4 Å². The van der Waals surface area contributed by atoms with Crippen LogP contribution in [0.2, 0.25) is 10.0 Å². The van der Waals surface area contributed by atoms with E-state index in [-0.39, 0.29) is 45.0 Å². The Hall–Kier alpha value is -2.82. The molecule has 12 heteroatoms. The number of halogens is 5. The number of fused-ring (bicyclic) bond motifs is 1. The Labute approximate surface area is 202 Å². The van der Waals surface area contributed by atoms with Crippen LogP contribution in [0.5, 0.6) is 0 Å². The second kappa shape index (κ2) is 9.81. The zero-order valence-corrected chi connectivity index (χ0v) is 19.1. The first-order valence-electron chi connectivity index (χ1n) is 10.3. The van der Waals surface area contributed by atoms with Crippen LogP contribution in [0.25, 0.3) is 11.0 Å². The molecule has 4 rings (SSSR count). The van der Waals surface area contributed by atoms with E-state index >= 15 is 0 Å². The average molecular weight is 515 g/mol. The summed E-state index contributed by atoms with van der Waals surface area (Å²) in [5, 5.41) is 5.30. The van der Waals surface area contributed by atoms with E-state index in [0.717, 1.165) is 17.4 Å². The predicted octanol–water partition coefficient (Wildman–Crippen LogP) is 4.91. The number of carbonyl (C=O) groups is 2. The van der Waals surface area contributed by atoms with Gasteiger partial charge in [-0.25, -0.2) is 4.98 Å². The lowest BCUT2D eigenvalue weighted by molar-refractivity contribution is -0.147. The molecular weight excluding hydrogens is 496 g/mol. The summed E-state index contributed by atoms with van der Waals surface area (Å²) in [6.07, 6.45) is -3.33. The molecule has 2 heterocycles. The molecule has 0 bridgehead atoms. The summed E-state index contributed by atoms with van der Waals surface area (Å²) < 4.78 is 47.5. The maximum Gasteiger partial charge on any atom is 0.449 e. The summed E-state index contributed by atoms with van der Waals surface area (Å²) in [5.41, 5.74) is -0.102. The molecule has 2 amide bonds. The lowest BCUT2D eigenvalue weighted by atomic mass is 10.2. The quantitative estimate of drug-likeness (QED) is 0.489. The van der Waals surface area contributed by atoms with Gasteiger partial charge in [0.1, 0.15) is 12.1 Å². The van der Waals surface area contributed by atoms with Crippen LogP contribution in [0.1, 0.15) is 29.0 Å². The van der Waals surface area contributed by atoms with Crippen LogP contribution >= 0.6 is 23.2 Å². The normalized spacial score (nSPS) is 16.1. The molecule has 3 aromatic rings. The van der Waals surface area contributed by atoms with Gasteiger partial charge in [0.15, 0.2) is 0 Å². The molecule has 1 fully saturated rings. The molecular formula is C22H19Cl2F3N4O3. The molecule has 2 aromatic carbocycles. The number of nitrogens with one attached hydrogen (secondary N) is 2. The van der Waals surface area contributed by atoms with Gasteiger partial charge >= 0.3 is 6.18 Å². The number of ether oxygens (including phenoxy) is 1. The molecule has 180 valence electrons. The number of nitrogens with zero attached hydrogens (tertiary/aromatic N) is 2. The molecule has 0 aliphatic carbocycles. The van der Waals surface area contributed by atoms with Gasteiger partial charge in [0, 0.05) is 13.2 Å². The number of imidazole rings is 1. The summed E-state index contributed by atoms with van der Waals surface area (Å²) in [7, 11) is 0. The largest absolute Gasteiger partial charge is 0.449 e. The van der Waals surface area contributed by atoms with Crippen molar-refractivity contribution in [2.24, 2.45) is 0 Å². The van der Waals surface area contributed by atoms with Gasteiger partial charge in [-0.2, -0.15) is 13.2 Å². The number of benzene rings is 2. The molecule has 0 spiro atoms. The highest BCUT2D eigenvalue weighted by molar-refractivity contribution is 6.40. The highest BCUT2D eigenvalue weighted by Gasteiger charge is 2.38. The van der Waals surface area contributed by atoms with Gasteiger partial charge in [0.05, 0.1) is 32.9 Å². The third kappa shape index (κ3) is 5.13. The molecule has 1 aliphatic rings. The van der Waals surface area contributed by atoms with Crippen LogP contribution < -0.4 is 10.6 Å². The van der Waals surface area contributed by atoms with Crippen molar-refractivity contribution in [3.05, 3.63) is 57.8 Å². The number of aromatic nitrogens is 2. The van der Waals surface area contributed by atoms with Crippen molar-refractivity contribution in [3.8, 4) is 0 Å². The minimum absolute atomic E-state index is 0.0162. The van der Waals surface area contributed by atoms with E-state index in [1.807, 2.05) is 0 Å². The Morgan fingerprint density at radius 3 is 2.50 bits per heavy atom. The average Bonchev–Trinajstić information content (AvgIpc) is 3.41. The molecule has 1 atom stereocenters. The predicted molar refractivity (Wildman–Crippen MR) is 121 cm³/mol. The number of para-hydroxylation sites is 1. The van der Waals surface area contributed by atoms with Crippen LogP contribution in [0.3, 0.4) is 0 Å². The minimum atomic E-state index is -4.83. The van der Waals surface area contributed by atoms with Gasteiger partial charge < -0.3 is 19.9 Å². The second-order valence-corrected chi connectivity index (χ2v) is 8.50. The second-order valence-electron chi connectivity index (χ2n) is 7.68. The van der Waals surface area contributed by atoms with Crippen molar-refractivity contribution in [2.45, 2.75) is 31.7 Å². The molecule has 1 aromatic heterocycles. The van der Waals surface area contributed by atoms with E-state index in [4.69, 9.17) is 27.9 Å². The molecule has 1 aliphatic heterocycles. The fraction of sp³-hybridized carbons (Fsp3) is 0.318. The first-order chi connectivity index (χ1) is 16.1. The van der Waals surface area contributed by atoms with Crippen LogP contribution in [0.4, 0.5) is 18.9 Å². The van der Waals surface area contributed by atoms with Crippen molar-refractivity contribution in [1.82, 2.24) is 14.9 Å². The van der Waals surface area contributed by atoms with Crippen molar-refractivity contribution >= 4 is 51.7 Å². The first-order valence-corrected chi connectivity index (χ1v) is 11.1. The maximum atomic E-state index is 13.8. The summed E-state index contributed by atoms with van der Waals surface area (Å²) in [6, 6.07) is 8.74. The number of hydrogen-bond acceptors (Lipinski definition) is 4. The lowest BCUT2D eigenvalue weighted by Crippen LogP contribution is -2.34. The summed E-state index contributed by atoms with van der Waals surface area (Å²) in [4.78, 5) is 28.9. The Kier molecular flexibility index (Phi) is 7.01. The van der Waals surface area contributed by atoms with Crippen molar-refractivity contribution < 1.29 is 27.5 Å². The van der Waals surface area contributed by atoms with E-state index in [1.165, 1.54) is 30.3 Å². The third-order valence-electron chi connectivity index (χ3n) is 5.32.